The predicted octanol–water partition coefficient (Wildman–Crippen LogP) is 4.75. The molecule has 158 valence electrons. The van der Waals surface area contributed by atoms with Crippen LogP contribution >= 0.6 is 11.6 Å². The van der Waals surface area contributed by atoms with E-state index < -0.39 is 11.9 Å². The lowest BCUT2D eigenvalue weighted by atomic mass is 9.93. The highest BCUT2D eigenvalue weighted by atomic mass is 35.5. The Balaban J connectivity index is 1.74. The van der Waals surface area contributed by atoms with Gasteiger partial charge in [0.15, 0.2) is 6.61 Å². The molecule has 0 saturated heterocycles. The number of benzene rings is 3. The lowest BCUT2D eigenvalue weighted by Crippen LogP contribution is -2.33. The molecule has 4 rings (SSSR count). The van der Waals surface area contributed by atoms with Gasteiger partial charge in [-0.2, -0.15) is 5.26 Å². The standard InChI is InChI=1S/C25H18ClN3O3/c26-21-13-20(25(31)24-19(21)11-6-12-28-24)23(18-10-5-4-7-16(18)14-27)29-22(30)15-32-17-8-2-1-3-9-17/h1-13,23,31H,15H2,(H,29,30). The first-order valence-corrected chi connectivity index (χ1v) is 10.2. The average molecular weight is 444 g/mol. The Kier molecular flexibility index (Phi) is 6.20. The fourth-order valence-electron chi connectivity index (χ4n) is 3.47. The van der Waals surface area contributed by atoms with Crippen molar-refractivity contribution in [1.82, 2.24) is 10.3 Å². The Hall–Kier alpha value is -4.08. The van der Waals surface area contributed by atoms with Crippen molar-refractivity contribution in [1.29, 1.82) is 5.26 Å². The summed E-state index contributed by atoms with van der Waals surface area (Å²) in [6.07, 6.45) is 1.55. The lowest BCUT2D eigenvalue weighted by Gasteiger charge is -2.23. The highest BCUT2D eigenvalue weighted by Gasteiger charge is 2.25. The monoisotopic (exact) mass is 443 g/mol. The number of aromatic hydroxyl groups is 1. The molecule has 0 radical (unpaired) electrons. The quantitative estimate of drug-likeness (QED) is 0.448. The van der Waals surface area contributed by atoms with Crippen LogP contribution in [-0.4, -0.2) is 22.6 Å². The third-order valence-electron chi connectivity index (χ3n) is 4.97. The fourth-order valence-corrected chi connectivity index (χ4v) is 3.74. The molecule has 0 aliphatic heterocycles. The van der Waals surface area contributed by atoms with Crippen LogP contribution < -0.4 is 10.1 Å². The largest absolute Gasteiger partial charge is 0.505 e. The van der Waals surface area contributed by atoms with Gasteiger partial charge in [-0.25, -0.2) is 0 Å². The third-order valence-corrected chi connectivity index (χ3v) is 5.28. The first-order valence-electron chi connectivity index (χ1n) is 9.81. The topological polar surface area (TPSA) is 95.2 Å². The lowest BCUT2D eigenvalue weighted by molar-refractivity contribution is -0.123. The van der Waals surface area contributed by atoms with Crippen molar-refractivity contribution >= 4 is 28.4 Å². The smallest absolute Gasteiger partial charge is 0.258 e. The van der Waals surface area contributed by atoms with Crippen molar-refractivity contribution in [2.24, 2.45) is 0 Å². The first kappa shape index (κ1) is 21.2. The molecule has 6 nitrogen and oxygen atoms in total. The van der Waals surface area contributed by atoms with Gasteiger partial charge < -0.3 is 15.2 Å². The van der Waals surface area contributed by atoms with E-state index in [9.17, 15) is 15.2 Å². The maximum Gasteiger partial charge on any atom is 0.258 e. The van der Waals surface area contributed by atoms with Crippen molar-refractivity contribution in [3.8, 4) is 17.6 Å². The number of para-hydroxylation sites is 1. The Labute approximate surface area is 189 Å². The SMILES string of the molecule is N#Cc1ccccc1C(NC(=O)COc1ccccc1)c1cc(Cl)c2cccnc2c1O. The number of nitrogens with one attached hydrogen (secondary N) is 1. The summed E-state index contributed by atoms with van der Waals surface area (Å²) in [7, 11) is 0. The summed E-state index contributed by atoms with van der Waals surface area (Å²) in [6, 6.07) is 22.1. The molecule has 0 spiro atoms. The van der Waals surface area contributed by atoms with Gasteiger partial charge in [0.25, 0.3) is 5.91 Å². The molecular weight excluding hydrogens is 426 g/mol. The van der Waals surface area contributed by atoms with E-state index in [-0.39, 0.29) is 12.4 Å². The van der Waals surface area contributed by atoms with Crippen LogP contribution in [0.1, 0.15) is 22.7 Å². The Morgan fingerprint density at radius 1 is 1.09 bits per heavy atom. The summed E-state index contributed by atoms with van der Waals surface area (Å²) in [5, 5.41) is 24.4. The number of carbonyl (C=O) groups excluding carboxylic acids is 1. The summed E-state index contributed by atoms with van der Waals surface area (Å²) < 4.78 is 5.54. The summed E-state index contributed by atoms with van der Waals surface area (Å²) in [6.45, 7) is -0.241. The van der Waals surface area contributed by atoms with Gasteiger partial charge >= 0.3 is 0 Å². The van der Waals surface area contributed by atoms with E-state index in [1.807, 2.05) is 6.07 Å². The molecule has 4 aromatic rings. The molecule has 0 bridgehead atoms. The van der Waals surface area contributed by atoms with Gasteiger partial charge in [-0.15, -0.1) is 0 Å². The molecular formula is C25H18ClN3O3. The van der Waals surface area contributed by atoms with E-state index in [1.165, 1.54) is 0 Å². The second-order valence-electron chi connectivity index (χ2n) is 7.00. The van der Waals surface area contributed by atoms with Crippen molar-refractivity contribution < 1.29 is 14.6 Å². The molecule has 1 atom stereocenters. The van der Waals surface area contributed by atoms with Gasteiger partial charge in [0.05, 0.1) is 22.7 Å². The number of fused-ring (bicyclic) bond motifs is 1. The van der Waals surface area contributed by atoms with Crippen molar-refractivity contribution in [3.63, 3.8) is 0 Å². The highest BCUT2D eigenvalue weighted by Crippen LogP contribution is 2.39. The molecule has 0 aliphatic carbocycles. The van der Waals surface area contributed by atoms with E-state index in [2.05, 4.69) is 16.4 Å². The van der Waals surface area contributed by atoms with Crippen LogP contribution in [-0.2, 0) is 4.79 Å². The summed E-state index contributed by atoms with van der Waals surface area (Å²) in [5.74, 6) is 0.00711. The molecule has 7 heteroatoms. The third kappa shape index (κ3) is 4.34. The second kappa shape index (κ2) is 9.38. The van der Waals surface area contributed by atoms with Crippen LogP contribution in [0.25, 0.3) is 10.9 Å². The maximum absolute atomic E-state index is 12.8. The number of phenols is 1. The van der Waals surface area contributed by atoms with Crippen LogP contribution in [0.3, 0.4) is 0 Å². The zero-order valence-electron chi connectivity index (χ0n) is 16.8. The number of aromatic nitrogens is 1. The number of amides is 1. The summed E-state index contributed by atoms with van der Waals surface area (Å²) in [4.78, 5) is 17.0. The molecule has 1 unspecified atom stereocenters. The minimum atomic E-state index is -0.846. The number of halogens is 1. The van der Waals surface area contributed by atoms with Crippen LogP contribution in [0, 0.1) is 11.3 Å². The Morgan fingerprint density at radius 3 is 2.62 bits per heavy atom. The molecule has 2 N–H and O–H groups in total. The van der Waals surface area contributed by atoms with Gasteiger partial charge in [-0.1, -0.05) is 48.0 Å². The molecule has 0 fully saturated rings. The number of carbonyl (C=O) groups is 1. The maximum atomic E-state index is 12.8. The number of rotatable bonds is 6. The fraction of sp³-hybridized carbons (Fsp3) is 0.0800. The minimum Gasteiger partial charge on any atom is -0.505 e. The molecule has 32 heavy (non-hydrogen) atoms. The molecule has 1 aromatic heterocycles. The van der Waals surface area contributed by atoms with E-state index in [0.29, 0.717) is 38.4 Å². The minimum absolute atomic E-state index is 0.118. The number of nitrogens with zero attached hydrogens (tertiary/aromatic N) is 2. The first-order chi connectivity index (χ1) is 15.6. The van der Waals surface area contributed by atoms with E-state index in [0.717, 1.165) is 0 Å². The van der Waals surface area contributed by atoms with Crippen LogP contribution in [0.5, 0.6) is 11.5 Å². The number of hydrogen-bond acceptors (Lipinski definition) is 5. The normalized spacial score (nSPS) is 11.5. The van der Waals surface area contributed by atoms with Gasteiger partial charge in [0, 0.05) is 17.1 Å². The van der Waals surface area contributed by atoms with Gasteiger partial charge in [-0.3, -0.25) is 9.78 Å². The Morgan fingerprint density at radius 2 is 1.84 bits per heavy atom. The van der Waals surface area contributed by atoms with Crippen molar-refractivity contribution in [2.45, 2.75) is 6.04 Å². The number of ether oxygens (including phenoxy) is 1. The van der Waals surface area contributed by atoms with Gasteiger partial charge in [0.2, 0.25) is 0 Å². The number of nitriles is 1. The number of phenolic OH excluding ortho intramolecular Hbond substituents is 1. The number of pyridine rings is 1. The zero-order chi connectivity index (χ0) is 22.5. The van der Waals surface area contributed by atoms with E-state index in [1.54, 1.807) is 72.9 Å². The van der Waals surface area contributed by atoms with E-state index in [4.69, 9.17) is 16.3 Å². The van der Waals surface area contributed by atoms with Gasteiger partial charge in [0.1, 0.15) is 17.0 Å². The molecule has 1 amide bonds. The predicted molar refractivity (Wildman–Crippen MR) is 121 cm³/mol. The van der Waals surface area contributed by atoms with Crippen LogP contribution in [0.15, 0.2) is 79.0 Å². The average Bonchev–Trinajstić information content (AvgIpc) is 2.84. The zero-order valence-corrected chi connectivity index (χ0v) is 17.6. The molecule has 1 heterocycles. The number of hydrogen-bond donors (Lipinski definition) is 2. The highest BCUT2D eigenvalue weighted by molar-refractivity contribution is 6.35. The molecule has 0 aliphatic rings. The van der Waals surface area contributed by atoms with E-state index >= 15 is 0 Å². The second-order valence-corrected chi connectivity index (χ2v) is 7.40. The summed E-state index contributed by atoms with van der Waals surface area (Å²) in [5.41, 5.74) is 1.52. The molecule has 3 aromatic carbocycles. The van der Waals surface area contributed by atoms with Crippen LogP contribution in [0.2, 0.25) is 5.02 Å². The van der Waals surface area contributed by atoms with Crippen molar-refractivity contribution in [2.75, 3.05) is 6.61 Å². The Bertz CT molecular complexity index is 1320. The van der Waals surface area contributed by atoms with Crippen LogP contribution in [0.4, 0.5) is 0 Å². The van der Waals surface area contributed by atoms with Crippen molar-refractivity contribution in [3.05, 3.63) is 101 Å². The molecule has 0 saturated carbocycles. The summed E-state index contributed by atoms with van der Waals surface area (Å²) >= 11 is 6.46. The van der Waals surface area contributed by atoms with Gasteiger partial charge in [-0.05, 0) is 42.0 Å².